The van der Waals surface area contributed by atoms with Crippen LogP contribution in [0.4, 0.5) is 5.69 Å². The number of rotatable bonds is 7. The van der Waals surface area contributed by atoms with Crippen molar-refractivity contribution in [2.24, 2.45) is 0 Å². The maximum atomic E-state index is 12.2. The lowest BCUT2D eigenvalue weighted by molar-refractivity contribution is -0.113. The van der Waals surface area contributed by atoms with Crippen LogP contribution in [-0.4, -0.2) is 16.6 Å². The molecule has 138 valence electrons. The molecule has 0 aliphatic rings. The van der Waals surface area contributed by atoms with Crippen molar-refractivity contribution in [3.05, 3.63) is 83.7 Å². The van der Waals surface area contributed by atoms with Crippen molar-refractivity contribution in [1.29, 1.82) is 0 Å². The largest absolute Gasteiger partial charge is 0.325 e. The zero-order valence-electron chi connectivity index (χ0n) is 15.4. The van der Waals surface area contributed by atoms with Gasteiger partial charge in [-0.3, -0.25) is 9.78 Å². The van der Waals surface area contributed by atoms with E-state index in [-0.39, 0.29) is 5.91 Å². The number of nitrogens with one attached hydrogen (secondary N) is 1. The Bertz CT molecular complexity index is 896. The van der Waals surface area contributed by atoms with E-state index in [0.29, 0.717) is 5.75 Å². The van der Waals surface area contributed by atoms with E-state index in [1.807, 2.05) is 36.5 Å². The predicted molar refractivity (Wildman–Crippen MR) is 116 cm³/mol. The molecule has 27 heavy (non-hydrogen) atoms. The summed E-state index contributed by atoms with van der Waals surface area (Å²) in [4.78, 5) is 18.7. The molecule has 0 radical (unpaired) electrons. The number of pyridine rings is 1. The molecule has 3 nitrogen and oxygen atoms in total. The SMILES string of the molecule is Cc1ccc(C)c(SCC(=O)Nc2ccc(SCc3cccnc3)cc2)c1. The van der Waals surface area contributed by atoms with Gasteiger partial charge in [-0.25, -0.2) is 0 Å². The van der Waals surface area contributed by atoms with Crippen LogP contribution in [0.1, 0.15) is 16.7 Å². The van der Waals surface area contributed by atoms with Gasteiger partial charge in [-0.15, -0.1) is 23.5 Å². The molecule has 0 bridgehead atoms. The molecular weight excluding hydrogens is 372 g/mol. The average molecular weight is 395 g/mol. The van der Waals surface area contributed by atoms with E-state index in [0.717, 1.165) is 16.3 Å². The minimum Gasteiger partial charge on any atom is -0.325 e. The van der Waals surface area contributed by atoms with Crippen LogP contribution >= 0.6 is 23.5 Å². The molecule has 0 atom stereocenters. The summed E-state index contributed by atoms with van der Waals surface area (Å²) < 4.78 is 0. The van der Waals surface area contributed by atoms with Crippen molar-refractivity contribution >= 4 is 35.1 Å². The van der Waals surface area contributed by atoms with Gasteiger partial charge in [-0.05, 0) is 61.4 Å². The van der Waals surface area contributed by atoms with Crippen molar-refractivity contribution < 1.29 is 4.79 Å². The molecule has 1 heterocycles. The standard InChI is InChI=1S/C22H22N2OS2/c1-16-5-6-17(2)21(12-16)27-15-22(25)24-19-7-9-20(10-8-19)26-14-18-4-3-11-23-13-18/h3-13H,14-15H2,1-2H3,(H,24,25). The summed E-state index contributed by atoms with van der Waals surface area (Å²) in [5.41, 5.74) is 4.44. The van der Waals surface area contributed by atoms with Gasteiger partial charge in [0.25, 0.3) is 0 Å². The minimum atomic E-state index is 0.0108. The van der Waals surface area contributed by atoms with Crippen molar-refractivity contribution in [2.75, 3.05) is 11.1 Å². The smallest absolute Gasteiger partial charge is 0.234 e. The first-order chi connectivity index (χ1) is 13.1. The number of aromatic nitrogens is 1. The van der Waals surface area contributed by atoms with Crippen LogP contribution in [0.3, 0.4) is 0 Å². The van der Waals surface area contributed by atoms with Crippen LogP contribution in [0.5, 0.6) is 0 Å². The zero-order valence-corrected chi connectivity index (χ0v) is 17.1. The monoisotopic (exact) mass is 394 g/mol. The van der Waals surface area contributed by atoms with Gasteiger partial charge in [-0.1, -0.05) is 23.8 Å². The molecule has 0 fully saturated rings. The molecule has 1 N–H and O–H groups in total. The number of aryl methyl sites for hydroxylation is 2. The molecule has 3 aromatic rings. The highest BCUT2D eigenvalue weighted by Gasteiger charge is 2.06. The molecule has 0 saturated heterocycles. The molecule has 0 unspecified atom stereocenters. The molecule has 2 aromatic carbocycles. The maximum Gasteiger partial charge on any atom is 0.234 e. The lowest BCUT2D eigenvalue weighted by Crippen LogP contribution is -2.13. The zero-order chi connectivity index (χ0) is 19.1. The third-order valence-corrected chi connectivity index (χ3v) is 6.21. The fraction of sp³-hybridized carbons (Fsp3) is 0.182. The van der Waals surface area contributed by atoms with Gasteiger partial charge < -0.3 is 5.32 Å². The quantitative estimate of drug-likeness (QED) is 0.520. The van der Waals surface area contributed by atoms with Gasteiger partial charge in [0.2, 0.25) is 5.91 Å². The number of benzene rings is 2. The van der Waals surface area contributed by atoms with Gasteiger partial charge in [0.15, 0.2) is 0 Å². The lowest BCUT2D eigenvalue weighted by atomic mass is 10.2. The lowest BCUT2D eigenvalue weighted by Gasteiger charge is -2.08. The molecule has 0 aliphatic carbocycles. The molecule has 0 spiro atoms. The fourth-order valence-electron chi connectivity index (χ4n) is 2.49. The van der Waals surface area contributed by atoms with E-state index in [1.165, 1.54) is 21.6 Å². The molecule has 5 heteroatoms. The van der Waals surface area contributed by atoms with Gasteiger partial charge >= 0.3 is 0 Å². The number of anilines is 1. The second kappa shape index (κ2) is 9.62. The van der Waals surface area contributed by atoms with Gasteiger partial charge in [0.1, 0.15) is 0 Å². The van der Waals surface area contributed by atoms with E-state index in [9.17, 15) is 4.79 Å². The summed E-state index contributed by atoms with van der Waals surface area (Å²) in [5.74, 6) is 1.30. The van der Waals surface area contributed by atoms with Crippen LogP contribution in [0, 0.1) is 13.8 Å². The Morgan fingerprint density at radius 2 is 1.85 bits per heavy atom. The second-order valence-electron chi connectivity index (χ2n) is 6.28. The fourth-order valence-corrected chi connectivity index (χ4v) is 4.24. The second-order valence-corrected chi connectivity index (χ2v) is 8.35. The molecule has 0 aliphatic heterocycles. The van der Waals surface area contributed by atoms with Crippen molar-refractivity contribution in [1.82, 2.24) is 4.98 Å². The summed E-state index contributed by atoms with van der Waals surface area (Å²) in [6, 6.07) is 18.3. The third kappa shape index (κ3) is 6.15. The Balaban J connectivity index is 1.48. The van der Waals surface area contributed by atoms with Crippen LogP contribution in [0.15, 0.2) is 76.8 Å². The summed E-state index contributed by atoms with van der Waals surface area (Å²) >= 11 is 3.33. The van der Waals surface area contributed by atoms with E-state index >= 15 is 0 Å². The minimum absolute atomic E-state index is 0.0108. The first kappa shape index (κ1) is 19.5. The number of hydrogen-bond acceptors (Lipinski definition) is 4. The highest BCUT2D eigenvalue weighted by Crippen LogP contribution is 2.25. The first-order valence-corrected chi connectivity index (χ1v) is 10.7. The van der Waals surface area contributed by atoms with Crippen molar-refractivity contribution in [2.45, 2.75) is 29.4 Å². The number of nitrogens with zero attached hydrogens (tertiary/aromatic N) is 1. The maximum absolute atomic E-state index is 12.2. The highest BCUT2D eigenvalue weighted by molar-refractivity contribution is 8.00. The van der Waals surface area contributed by atoms with Crippen LogP contribution in [-0.2, 0) is 10.5 Å². The van der Waals surface area contributed by atoms with E-state index in [2.05, 4.69) is 48.4 Å². The van der Waals surface area contributed by atoms with Gasteiger partial charge in [0.05, 0.1) is 5.75 Å². The number of carbonyl (C=O) groups is 1. The van der Waals surface area contributed by atoms with E-state index in [4.69, 9.17) is 0 Å². The van der Waals surface area contributed by atoms with E-state index in [1.54, 1.807) is 29.7 Å². The summed E-state index contributed by atoms with van der Waals surface area (Å²) in [6.07, 6.45) is 3.67. The van der Waals surface area contributed by atoms with Crippen LogP contribution in [0.25, 0.3) is 0 Å². The molecule has 1 aromatic heterocycles. The number of amides is 1. The Morgan fingerprint density at radius 1 is 1.04 bits per heavy atom. The van der Waals surface area contributed by atoms with Crippen LogP contribution in [0.2, 0.25) is 0 Å². The van der Waals surface area contributed by atoms with Crippen LogP contribution < -0.4 is 5.32 Å². The predicted octanol–water partition coefficient (Wildman–Crippen LogP) is 5.72. The average Bonchev–Trinajstić information content (AvgIpc) is 2.69. The first-order valence-electron chi connectivity index (χ1n) is 8.72. The Labute approximate surface area is 169 Å². The number of carbonyl (C=O) groups excluding carboxylic acids is 1. The summed E-state index contributed by atoms with van der Waals surface area (Å²) in [5, 5.41) is 2.97. The molecular formula is C22H22N2OS2. The highest BCUT2D eigenvalue weighted by atomic mass is 32.2. The normalized spacial score (nSPS) is 10.6. The van der Waals surface area contributed by atoms with Crippen molar-refractivity contribution in [3.63, 3.8) is 0 Å². The summed E-state index contributed by atoms with van der Waals surface area (Å²) in [6.45, 7) is 4.14. The van der Waals surface area contributed by atoms with Gasteiger partial charge in [-0.2, -0.15) is 0 Å². The molecule has 3 rings (SSSR count). The van der Waals surface area contributed by atoms with Gasteiger partial charge in [0, 0.05) is 33.6 Å². The molecule has 0 saturated carbocycles. The Kier molecular flexibility index (Phi) is 6.96. The topological polar surface area (TPSA) is 42.0 Å². The Hall–Kier alpha value is -2.24. The Morgan fingerprint density at radius 3 is 2.59 bits per heavy atom. The number of hydrogen-bond donors (Lipinski definition) is 1. The molecule has 1 amide bonds. The number of thioether (sulfide) groups is 2. The van der Waals surface area contributed by atoms with Crippen molar-refractivity contribution in [3.8, 4) is 0 Å². The summed E-state index contributed by atoms with van der Waals surface area (Å²) in [7, 11) is 0. The van der Waals surface area contributed by atoms with E-state index < -0.39 is 0 Å². The third-order valence-electron chi connectivity index (χ3n) is 3.97.